The number of hydrogen-bond acceptors (Lipinski definition) is 7. The molecule has 1 atom stereocenters. The average Bonchev–Trinajstić information content (AvgIpc) is 2.86. The fraction of sp³-hybridized carbons (Fsp3) is 0.727. The Labute approximate surface area is 111 Å². The van der Waals surface area contributed by atoms with Crippen LogP contribution in [0.25, 0.3) is 0 Å². The molecule has 0 saturated carbocycles. The Kier molecular flexibility index (Phi) is 4.33. The van der Waals surface area contributed by atoms with E-state index >= 15 is 0 Å². The van der Waals surface area contributed by atoms with Gasteiger partial charge in [0.25, 0.3) is 0 Å². The molecule has 1 aromatic heterocycles. The van der Waals surface area contributed by atoms with E-state index in [-0.39, 0.29) is 18.5 Å². The van der Waals surface area contributed by atoms with E-state index in [1.807, 2.05) is 13.8 Å². The summed E-state index contributed by atoms with van der Waals surface area (Å²) >= 11 is 0. The maximum atomic E-state index is 12.1. The summed E-state index contributed by atoms with van der Waals surface area (Å²) < 4.78 is 10.8. The summed E-state index contributed by atoms with van der Waals surface area (Å²) in [7, 11) is 0. The third kappa shape index (κ3) is 3.21. The molecule has 3 N–H and O–H groups in total. The van der Waals surface area contributed by atoms with E-state index in [2.05, 4.69) is 15.5 Å². The molecule has 0 aromatic carbocycles. The highest BCUT2D eigenvalue weighted by Crippen LogP contribution is 2.18. The second-order valence-corrected chi connectivity index (χ2v) is 4.63. The number of amides is 1. The zero-order valence-electron chi connectivity index (χ0n) is 11.1. The minimum atomic E-state index is -0.456. The van der Waals surface area contributed by atoms with Crippen LogP contribution in [0.2, 0.25) is 0 Å². The van der Waals surface area contributed by atoms with E-state index < -0.39 is 6.04 Å². The number of nitrogens with one attached hydrogen (secondary N) is 1. The van der Waals surface area contributed by atoms with Crippen molar-refractivity contribution in [3.8, 4) is 0 Å². The number of aromatic nitrogens is 2. The van der Waals surface area contributed by atoms with Crippen LogP contribution < -0.4 is 16.0 Å². The molecular formula is C11H19N5O3. The van der Waals surface area contributed by atoms with E-state index in [1.165, 1.54) is 0 Å². The van der Waals surface area contributed by atoms with Gasteiger partial charge in [0.2, 0.25) is 11.8 Å². The number of carbonyl (C=O) groups is 1. The van der Waals surface area contributed by atoms with Gasteiger partial charge in [-0.05, 0) is 13.8 Å². The largest absolute Gasteiger partial charge is 0.407 e. The van der Waals surface area contributed by atoms with E-state index in [0.29, 0.717) is 31.7 Å². The molecule has 8 nitrogen and oxygen atoms in total. The first-order chi connectivity index (χ1) is 9.11. The molecule has 2 rings (SSSR count). The number of nitrogens with zero attached hydrogens (tertiary/aromatic N) is 3. The third-order valence-electron chi connectivity index (χ3n) is 2.74. The van der Waals surface area contributed by atoms with E-state index in [4.69, 9.17) is 14.9 Å². The number of nitrogens with two attached hydrogens (primary N) is 1. The SMILES string of the molecule is CC(C)NC(=O)C1COCCN1c1nnc(CN)o1. The van der Waals surface area contributed by atoms with Gasteiger partial charge in [0.05, 0.1) is 19.8 Å². The van der Waals surface area contributed by atoms with Gasteiger partial charge >= 0.3 is 6.01 Å². The molecule has 8 heteroatoms. The zero-order chi connectivity index (χ0) is 13.8. The molecule has 1 unspecified atom stereocenters. The molecule has 1 saturated heterocycles. The summed E-state index contributed by atoms with van der Waals surface area (Å²) in [6, 6.07) is -0.0755. The molecule has 1 amide bonds. The molecule has 0 spiro atoms. The van der Waals surface area contributed by atoms with Crippen molar-refractivity contribution < 1.29 is 13.9 Å². The van der Waals surface area contributed by atoms with Crippen LogP contribution in [0.5, 0.6) is 0 Å². The van der Waals surface area contributed by atoms with Crippen LogP contribution >= 0.6 is 0 Å². The lowest BCUT2D eigenvalue weighted by Gasteiger charge is -2.33. The molecular weight excluding hydrogens is 250 g/mol. The number of morpholine rings is 1. The monoisotopic (exact) mass is 269 g/mol. The molecule has 1 aromatic rings. The number of ether oxygens (including phenoxy) is 1. The number of anilines is 1. The Hall–Kier alpha value is -1.67. The predicted molar refractivity (Wildman–Crippen MR) is 67.4 cm³/mol. The Balaban J connectivity index is 2.13. The second-order valence-electron chi connectivity index (χ2n) is 4.63. The van der Waals surface area contributed by atoms with Gasteiger partial charge in [0.1, 0.15) is 6.04 Å². The van der Waals surface area contributed by atoms with Crippen molar-refractivity contribution in [2.75, 3.05) is 24.7 Å². The number of hydrogen-bond donors (Lipinski definition) is 2. The Morgan fingerprint density at radius 2 is 2.37 bits per heavy atom. The highest BCUT2D eigenvalue weighted by molar-refractivity contribution is 5.85. The molecule has 2 heterocycles. The second kappa shape index (κ2) is 5.98. The summed E-state index contributed by atoms with van der Waals surface area (Å²) in [5.74, 6) is 0.242. The first-order valence-electron chi connectivity index (χ1n) is 6.29. The highest BCUT2D eigenvalue weighted by Gasteiger charge is 2.32. The Morgan fingerprint density at radius 3 is 3.00 bits per heavy atom. The predicted octanol–water partition coefficient (Wildman–Crippen LogP) is -0.742. The van der Waals surface area contributed by atoms with Gasteiger partial charge in [-0.3, -0.25) is 4.79 Å². The minimum absolute atomic E-state index is 0.0681. The molecule has 106 valence electrons. The topological polar surface area (TPSA) is 107 Å². The van der Waals surface area contributed by atoms with Gasteiger partial charge in [-0.1, -0.05) is 5.10 Å². The van der Waals surface area contributed by atoms with Crippen LogP contribution in [0.15, 0.2) is 4.42 Å². The van der Waals surface area contributed by atoms with Crippen molar-refractivity contribution in [2.24, 2.45) is 5.73 Å². The average molecular weight is 269 g/mol. The summed E-state index contributed by atoms with van der Waals surface area (Å²) in [5, 5.41) is 10.6. The first kappa shape index (κ1) is 13.8. The fourth-order valence-corrected chi connectivity index (χ4v) is 1.87. The van der Waals surface area contributed by atoms with E-state index in [1.54, 1.807) is 4.90 Å². The van der Waals surface area contributed by atoms with Gasteiger partial charge in [-0.25, -0.2) is 0 Å². The zero-order valence-corrected chi connectivity index (χ0v) is 11.1. The van der Waals surface area contributed by atoms with Crippen LogP contribution in [0.1, 0.15) is 19.7 Å². The van der Waals surface area contributed by atoms with Crippen LogP contribution in [-0.4, -0.2) is 47.9 Å². The molecule has 1 fully saturated rings. The molecule has 1 aliphatic heterocycles. The lowest BCUT2D eigenvalue weighted by atomic mass is 10.2. The normalized spacial score (nSPS) is 19.8. The maximum absolute atomic E-state index is 12.1. The van der Waals surface area contributed by atoms with Crippen molar-refractivity contribution in [2.45, 2.75) is 32.5 Å². The van der Waals surface area contributed by atoms with Crippen molar-refractivity contribution in [1.82, 2.24) is 15.5 Å². The molecule has 1 aliphatic rings. The van der Waals surface area contributed by atoms with E-state index in [9.17, 15) is 4.79 Å². The molecule has 0 aliphatic carbocycles. The van der Waals surface area contributed by atoms with Crippen molar-refractivity contribution in [1.29, 1.82) is 0 Å². The van der Waals surface area contributed by atoms with Gasteiger partial charge in [-0.2, -0.15) is 0 Å². The summed E-state index contributed by atoms with van der Waals surface area (Å²) in [6.07, 6.45) is 0. The van der Waals surface area contributed by atoms with Crippen molar-refractivity contribution in [3.63, 3.8) is 0 Å². The lowest BCUT2D eigenvalue weighted by Crippen LogP contribution is -2.55. The van der Waals surface area contributed by atoms with Crippen LogP contribution in [-0.2, 0) is 16.1 Å². The summed E-state index contributed by atoms with van der Waals surface area (Å²) in [4.78, 5) is 13.9. The minimum Gasteiger partial charge on any atom is -0.407 e. The van der Waals surface area contributed by atoms with Crippen molar-refractivity contribution >= 4 is 11.9 Å². The molecule has 19 heavy (non-hydrogen) atoms. The summed E-state index contributed by atoms with van der Waals surface area (Å²) in [6.45, 7) is 5.35. The maximum Gasteiger partial charge on any atom is 0.319 e. The first-order valence-corrected chi connectivity index (χ1v) is 6.29. The summed E-state index contributed by atoms with van der Waals surface area (Å²) in [5.41, 5.74) is 5.43. The fourth-order valence-electron chi connectivity index (χ4n) is 1.87. The number of rotatable bonds is 4. The smallest absolute Gasteiger partial charge is 0.319 e. The molecule has 0 radical (unpaired) electrons. The lowest BCUT2D eigenvalue weighted by molar-refractivity contribution is -0.125. The van der Waals surface area contributed by atoms with E-state index in [0.717, 1.165) is 0 Å². The Bertz CT molecular complexity index is 434. The van der Waals surface area contributed by atoms with Crippen LogP contribution in [0.3, 0.4) is 0 Å². The Morgan fingerprint density at radius 1 is 1.58 bits per heavy atom. The highest BCUT2D eigenvalue weighted by atomic mass is 16.5. The van der Waals surface area contributed by atoms with Crippen LogP contribution in [0, 0.1) is 0 Å². The van der Waals surface area contributed by atoms with Gasteiger partial charge in [0.15, 0.2) is 0 Å². The molecule has 0 bridgehead atoms. The van der Waals surface area contributed by atoms with Gasteiger partial charge in [-0.15, -0.1) is 5.10 Å². The van der Waals surface area contributed by atoms with Crippen LogP contribution in [0.4, 0.5) is 6.01 Å². The quantitative estimate of drug-likeness (QED) is 0.741. The van der Waals surface area contributed by atoms with Gasteiger partial charge < -0.3 is 25.1 Å². The van der Waals surface area contributed by atoms with Crippen molar-refractivity contribution in [3.05, 3.63) is 5.89 Å². The standard InChI is InChI=1S/C11H19N5O3/c1-7(2)13-10(17)8-6-18-4-3-16(8)11-15-14-9(5-12)19-11/h7-8H,3-6,12H2,1-2H3,(H,13,17). The van der Waals surface area contributed by atoms with Gasteiger partial charge in [0, 0.05) is 12.6 Å². The number of carbonyl (C=O) groups excluding carboxylic acids is 1. The third-order valence-corrected chi connectivity index (χ3v) is 2.74.